The Morgan fingerprint density at radius 2 is 1.95 bits per heavy atom. The van der Waals surface area contributed by atoms with Gasteiger partial charge in [-0.1, -0.05) is 5.16 Å². The second-order valence-corrected chi connectivity index (χ2v) is 5.80. The lowest BCUT2D eigenvalue weighted by Crippen LogP contribution is -2.27. The molecule has 0 aromatic carbocycles. The monoisotopic (exact) mass is 284 g/mol. The smallest absolute Gasteiger partial charge is 0.223 e. The zero-order valence-electron chi connectivity index (χ0n) is 12.1. The van der Waals surface area contributed by atoms with Gasteiger partial charge in [0.15, 0.2) is 0 Å². The first-order chi connectivity index (χ1) is 9.94. The van der Waals surface area contributed by atoms with Crippen LogP contribution in [0.15, 0.2) is 29.4 Å². The number of fused-ring (bicyclic) bond motifs is 1. The quantitative estimate of drug-likeness (QED) is 0.745. The maximum Gasteiger partial charge on any atom is 0.223 e. The number of nitrogen functional groups attached to an aromatic ring is 1. The molecule has 7 heteroatoms. The number of anilines is 2. The number of aromatic nitrogens is 4. The average molecular weight is 284 g/mol. The highest BCUT2D eigenvalue weighted by atomic mass is 16.5. The standard InChI is InChI=1S/C14H16N6O/c1-14(2,3)20-13-17-6-10-11(19-13)9(5-16-12(10)15)8-4-18-21-7-8/h4-7H,1-3H3,(H2,15,16)(H,17,19,20). The number of nitrogens with two attached hydrogens (primary N) is 1. The van der Waals surface area contributed by atoms with Gasteiger partial charge in [0.05, 0.1) is 17.1 Å². The van der Waals surface area contributed by atoms with E-state index in [1.807, 2.05) is 20.8 Å². The Kier molecular flexibility index (Phi) is 2.97. The van der Waals surface area contributed by atoms with Gasteiger partial charge in [-0.25, -0.2) is 15.0 Å². The van der Waals surface area contributed by atoms with E-state index in [4.69, 9.17) is 10.3 Å². The van der Waals surface area contributed by atoms with Crippen LogP contribution in [-0.4, -0.2) is 25.6 Å². The molecule has 108 valence electrons. The van der Waals surface area contributed by atoms with Crippen molar-refractivity contribution in [2.24, 2.45) is 0 Å². The van der Waals surface area contributed by atoms with E-state index in [9.17, 15) is 0 Å². The van der Waals surface area contributed by atoms with E-state index in [1.54, 1.807) is 24.9 Å². The van der Waals surface area contributed by atoms with Crippen LogP contribution in [-0.2, 0) is 0 Å². The summed E-state index contributed by atoms with van der Waals surface area (Å²) in [5, 5.41) is 7.66. The molecule has 0 aliphatic heterocycles. The Labute approximate surface area is 121 Å². The van der Waals surface area contributed by atoms with E-state index < -0.39 is 0 Å². The summed E-state index contributed by atoms with van der Waals surface area (Å²) in [7, 11) is 0. The largest absolute Gasteiger partial charge is 0.383 e. The third kappa shape index (κ3) is 2.62. The van der Waals surface area contributed by atoms with Crippen LogP contribution in [0.3, 0.4) is 0 Å². The first-order valence-electron chi connectivity index (χ1n) is 6.53. The van der Waals surface area contributed by atoms with Crippen LogP contribution >= 0.6 is 0 Å². The van der Waals surface area contributed by atoms with Gasteiger partial charge < -0.3 is 15.6 Å². The van der Waals surface area contributed by atoms with Crippen molar-refractivity contribution in [3.05, 3.63) is 24.9 Å². The lowest BCUT2D eigenvalue weighted by atomic mass is 10.1. The molecular weight excluding hydrogens is 268 g/mol. The highest BCUT2D eigenvalue weighted by Crippen LogP contribution is 2.29. The molecule has 0 radical (unpaired) electrons. The minimum Gasteiger partial charge on any atom is -0.383 e. The van der Waals surface area contributed by atoms with Crippen LogP contribution in [0, 0.1) is 0 Å². The van der Waals surface area contributed by atoms with Gasteiger partial charge in [0.25, 0.3) is 0 Å². The van der Waals surface area contributed by atoms with Gasteiger partial charge in [-0.15, -0.1) is 0 Å². The predicted molar refractivity (Wildman–Crippen MR) is 80.6 cm³/mol. The van der Waals surface area contributed by atoms with E-state index in [-0.39, 0.29) is 5.54 Å². The zero-order chi connectivity index (χ0) is 15.0. The van der Waals surface area contributed by atoms with Crippen molar-refractivity contribution in [1.82, 2.24) is 20.1 Å². The molecular formula is C14H16N6O. The molecule has 3 aromatic rings. The Morgan fingerprint density at radius 3 is 2.62 bits per heavy atom. The summed E-state index contributed by atoms with van der Waals surface area (Å²) in [5.41, 5.74) is 8.09. The number of pyridine rings is 1. The van der Waals surface area contributed by atoms with Gasteiger partial charge in [-0.05, 0) is 20.8 Å². The molecule has 21 heavy (non-hydrogen) atoms. The number of hydrogen-bond donors (Lipinski definition) is 2. The predicted octanol–water partition coefficient (Wildman–Crippen LogP) is 2.47. The molecule has 3 aromatic heterocycles. The van der Waals surface area contributed by atoms with Gasteiger partial charge >= 0.3 is 0 Å². The molecule has 0 bridgehead atoms. The summed E-state index contributed by atoms with van der Waals surface area (Å²) < 4.78 is 4.89. The number of hydrogen-bond acceptors (Lipinski definition) is 7. The van der Waals surface area contributed by atoms with E-state index in [1.165, 1.54) is 0 Å². The lowest BCUT2D eigenvalue weighted by molar-refractivity contribution is 0.420. The van der Waals surface area contributed by atoms with Crippen molar-refractivity contribution in [3.8, 4) is 11.1 Å². The minimum absolute atomic E-state index is 0.135. The maximum atomic E-state index is 5.91. The lowest BCUT2D eigenvalue weighted by Gasteiger charge is -2.20. The molecule has 0 amide bonds. The molecule has 0 aliphatic carbocycles. The van der Waals surface area contributed by atoms with Crippen molar-refractivity contribution in [2.45, 2.75) is 26.3 Å². The summed E-state index contributed by atoms with van der Waals surface area (Å²) in [6, 6.07) is 0. The fraction of sp³-hybridized carbons (Fsp3) is 0.286. The summed E-state index contributed by atoms with van der Waals surface area (Å²) in [6.07, 6.45) is 6.51. The zero-order valence-corrected chi connectivity index (χ0v) is 12.1. The van der Waals surface area contributed by atoms with Crippen molar-refractivity contribution in [1.29, 1.82) is 0 Å². The first-order valence-corrected chi connectivity index (χ1v) is 6.53. The Hall–Kier alpha value is -2.70. The molecule has 7 nitrogen and oxygen atoms in total. The number of nitrogens with one attached hydrogen (secondary N) is 1. The van der Waals surface area contributed by atoms with Crippen molar-refractivity contribution in [3.63, 3.8) is 0 Å². The van der Waals surface area contributed by atoms with Crippen LogP contribution in [0.5, 0.6) is 0 Å². The number of rotatable bonds is 2. The van der Waals surface area contributed by atoms with Gasteiger partial charge in [-0.2, -0.15) is 0 Å². The first kappa shape index (κ1) is 13.3. The summed E-state index contributed by atoms with van der Waals surface area (Å²) in [4.78, 5) is 13.0. The molecule has 0 spiro atoms. The Morgan fingerprint density at radius 1 is 1.14 bits per heavy atom. The number of nitrogens with zero attached hydrogens (tertiary/aromatic N) is 4. The Bertz CT molecular complexity index is 776. The fourth-order valence-corrected chi connectivity index (χ4v) is 1.98. The molecule has 0 saturated carbocycles. The Balaban J connectivity index is 2.20. The highest BCUT2D eigenvalue weighted by molar-refractivity contribution is 5.98. The molecule has 0 atom stereocenters. The van der Waals surface area contributed by atoms with Gasteiger partial charge in [0, 0.05) is 29.1 Å². The molecule has 0 aliphatic rings. The van der Waals surface area contributed by atoms with E-state index in [2.05, 4.69) is 25.4 Å². The van der Waals surface area contributed by atoms with Crippen molar-refractivity contribution < 1.29 is 4.52 Å². The van der Waals surface area contributed by atoms with E-state index in [0.29, 0.717) is 22.7 Å². The van der Waals surface area contributed by atoms with Crippen LogP contribution in [0.1, 0.15) is 20.8 Å². The molecule has 0 fully saturated rings. The summed E-state index contributed by atoms with van der Waals surface area (Å²) in [6.45, 7) is 6.13. The van der Waals surface area contributed by atoms with Crippen molar-refractivity contribution >= 4 is 22.7 Å². The third-order valence-corrected chi connectivity index (χ3v) is 2.88. The van der Waals surface area contributed by atoms with Gasteiger partial charge in [0.1, 0.15) is 12.1 Å². The van der Waals surface area contributed by atoms with Crippen LogP contribution in [0.2, 0.25) is 0 Å². The topological polar surface area (TPSA) is 103 Å². The average Bonchev–Trinajstić information content (AvgIpc) is 2.91. The van der Waals surface area contributed by atoms with Gasteiger partial charge in [0.2, 0.25) is 5.95 Å². The summed E-state index contributed by atoms with van der Waals surface area (Å²) in [5.74, 6) is 0.936. The molecule has 3 heterocycles. The molecule has 0 unspecified atom stereocenters. The second kappa shape index (κ2) is 4.69. The summed E-state index contributed by atoms with van der Waals surface area (Å²) >= 11 is 0. The molecule has 0 saturated heterocycles. The molecule has 3 rings (SSSR count). The fourth-order valence-electron chi connectivity index (χ4n) is 1.98. The van der Waals surface area contributed by atoms with Gasteiger partial charge in [-0.3, -0.25) is 0 Å². The van der Waals surface area contributed by atoms with Crippen LogP contribution in [0.25, 0.3) is 22.0 Å². The maximum absolute atomic E-state index is 5.91. The molecule has 3 N–H and O–H groups in total. The minimum atomic E-state index is -0.135. The van der Waals surface area contributed by atoms with E-state index >= 15 is 0 Å². The SMILES string of the molecule is CC(C)(C)Nc1ncc2c(N)ncc(-c3cnoc3)c2n1. The highest BCUT2D eigenvalue weighted by Gasteiger charge is 2.15. The van der Waals surface area contributed by atoms with Crippen LogP contribution < -0.4 is 11.1 Å². The van der Waals surface area contributed by atoms with Crippen LogP contribution in [0.4, 0.5) is 11.8 Å². The second-order valence-electron chi connectivity index (χ2n) is 5.80. The van der Waals surface area contributed by atoms with E-state index in [0.717, 1.165) is 11.1 Å². The van der Waals surface area contributed by atoms with Crippen molar-refractivity contribution in [2.75, 3.05) is 11.1 Å². The normalized spacial score (nSPS) is 11.8. The third-order valence-electron chi connectivity index (χ3n) is 2.88.